The van der Waals surface area contributed by atoms with E-state index in [1.54, 1.807) is 4.68 Å². The second kappa shape index (κ2) is 6.27. The fourth-order valence-electron chi connectivity index (χ4n) is 3.87. The fourth-order valence-corrected chi connectivity index (χ4v) is 3.87. The standard InChI is InChI=1S/C22H22N6/c1-14-9-10-23-22-17(5-4-6-19(22)25-14)15-7-8-20-18(11-15)21(26-28(20)3)16-12-24-27(2)13-16/h4-8,11-13,23,25H,1,9-10H2,2-3H3. The van der Waals surface area contributed by atoms with Crippen LogP contribution in [0.25, 0.3) is 33.3 Å². The average Bonchev–Trinajstić information content (AvgIpc) is 3.19. The minimum atomic E-state index is 0.867. The number of aromatic nitrogens is 4. The number of anilines is 2. The maximum atomic E-state index is 4.74. The molecule has 140 valence electrons. The second-order valence-electron chi connectivity index (χ2n) is 7.24. The first kappa shape index (κ1) is 16.6. The molecule has 28 heavy (non-hydrogen) atoms. The predicted molar refractivity (Wildman–Crippen MR) is 114 cm³/mol. The molecular formula is C22H22N6. The Morgan fingerprint density at radius 2 is 2.00 bits per heavy atom. The van der Waals surface area contributed by atoms with Crippen LogP contribution in [0.3, 0.4) is 0 Å². The molecule has 6 nitrogen and oxygen atoms in total. The zero-order valence-corrected chi connectivity index (χ0v) is 16.0. The van der Waals surface area contributed by atoms with E-state index in [2.05, 4.69) is 58.7 Å². The van der Waals surface area contributed by atoms with Gasteiger partial charge in [0.1, 0.15) is 5.69 Å². The number of nitrogens with one attached hydrogen (secondary N) is 2. The van der Waals surface area contributed by atoms with Gasteiger partial charge in [-0.1, -0.05) is 24.8 Å². The molecule has 0 saturated carbocycles. The van der Waals surface area contributed by atoms with Crippen molar-refractivity contribution < 1.29 is 0 Å². The van der Waals surface area contributed by atoms with Gasteiger partial charge in [-0.25, -0.2) is 0 Å². The van der Waals surface area contributed by atoms with Gasteiger partial charge in [-0.2, -0.15) is 10.2 Å². The summed E-state index contributed by atoms with van der Waals surface area (Å²) in [5.74, 6) is 0. The lowest BCUT2D eigenvalue weighted by Gasteiger charge is -2.14. The number of para-hydroxylation sites is 1. The van der Waals surface area contributed by atoms with Crippen LogP contribution in [0, 0.1) is 0 Å². The second-order valence-corrected chi connectivity index (χ2v) is 7.24. The quantitative estimate of drug-likeness (QED) is 0.550. The summed E-state index contributed by atoms with van der Waals surface area (Å²) in [5.41, 5.74) is 8.62. The molecule has 6 heteroatoms. The molecule has 0 radical (unpaired) electrons. The number of benzene rings is 2. The summed E-state index contributed by atoms with van der Waals surface area (Å²) < 4.78 is 3.73. The molecule has 2 aromatic heterocycles. The van der Waals surface area contributed by atoms with Gasteiger partial charge in [-0.15, -0.1) is 0 Å². The van der Waals surface area contributed by atoms with E-state index >= 15 is 0 Å². The molecule has 0 atom stereocenters. The highest BCUT2D eigenvalue weighted by Gasteiger charge is 2.17. The molecule has 0 aliphatic carbocycles. The summed E-state index contributed by atoms with van der Waals surface area (Å²) in [6.07, 6.45) is 4.76. The van der Waals surface area contributed by atoms with Crippen LogP contribution in [-0.2, 0) is 14.1 Å². The summed E-state index contributed by atoms with van der Waals surface area (Å²) in [6, 6.07) is 12.8. The van der Waals surface area contributed by atoms with Crippen LogP contribution >= 0.6 is 0 Å². The fraction of sp³-hybridized carbons (Fsp3) is 0.182. The van der Waals surface area contributed by atoms with Crippen molar-refractivity contribution in [3.05, 3.63) is 61.1 Å². The average molecular weight is 370 g/mol. The SMILES string of the molecule is C=C1CCNc2c(cccc2-c2ccc3c(c2)c(-c2cnn(C)c2)nn3C)N1. The molecule has 0 spiro atoms. The van der Waals surface area contributed by atoms with Crippen molar-refractivity contribution in [3.63, 3.8) is 0 Å². The molecule has 0 bridgehead atoms. The van der Waals surface area contributed by atoms with Gasteiger partial charge in [0.25, 0.3) is 0 Å². The van der Waals surface area contributed by atoms with Gasteiger partial charge in [0, 0.05) is 55.5 Å². The van der Waals surface area contributed by atoms with E-state index in [4.69, 9.17) is 5.10 Å². The van der Waals surface area contributed by atoms with Crippen LogP contribution in [0.2, 0.25) is 0 Å². The number of rotatable bonds is 2. The zero-order chi connectivity index (χ0) is 19.3. The summed E-state index contributed by atoms with van der Waals surface area (Å²) in [7, 11) is 3.90. The van der Waals surface area contributed by atoms with E-state index < -0.39 is 0 Å². The lowest BCUT2D eigenvalue weighted by atomic mass is 9.99. The third-order valence-electron chi connectivity index (χ3n) is 5.24. The summed E-state index contributed by atoms with van der Waals surface area (Å²) >= 11 is 0. The van der Waals surface area contributed by atoms with Crippen LogP contribution in [0.15, 0.2) is 61.1 Å². The van der Waals surface area contributed by atoms with E-state index in [1.165, 1.54) is 5.56 Å². The molecule has 2 N–H and O–H groups in total. The van der Waals surface area contributed by atoms with Crippen LogP contribution < -0.4 is 10.6 Å². The van der Waals surface area contributed by atoms with Crippen LogP contribution in [0.1, 0.15) is 6.42 Å². The van der Waals surface area contributed by atoms with Gasteiger partial charge in [-0.05, 0) is 23.8 Å². The maximum Gasteiger partial charge on any atom is 0.103 e. The number of hydrogen-bond acceptors (Lipinski definition) is 4. The monoisotopic (exact) mass is 370 g/mol. The van der Waals surface area contributed by atoms with Gasteiger partial charge in [0.15, 0.2) is 0 Å². The van der Waals surface area contributed by atoms with Crippen molar-refractivity contribution in [2.75, 3.05) is 17.2 Å². The van der Waals surface area contributed by atoms with Crippen LogP contribution in [0.5, 0.6) is 0 Å². The predicted octanol–water partition coefficient (Wildman–Crippen LogP) is 4.38. The van der Waals surface area contributed by atoms with Gasteiger partial charge < -0.3 is 10.6 Å². The van der Waals surface area contributed by atoms with Crippen molar-refractivity contribution in [2.45, 2.75) is 6.42 Å². The Balaban J connectivity index is 1.69. The molecule has 5 rings (SSSR count). The minimum absolute atomic E-state index is 0.867. The largest absolute Gasteiger partial charge is 0.382 e. The smallest absolute Gasteiger partial charge is 0.103 e. The normalized spacial score (nSPS) is 13.7. The maximum absolute atomic E-state index is 4.74. The third-order valence-corrected chi connectivity index (χ3v) is 5.24. The summed E-state index contributed by atoms with van der Waals surface area (Å²) in [6.45, 7) is 4.96. The molecule has 3 heterocycles. The van der Waals surface area contributed by atoms with Gasteiger partial charge in [0.05, 0.1) is 23.1 Å². The lowest BCUT2D eigenvalue weighted by Crippen LogP contribution is -2.00. The molecule has 0 saturated heterocycles. The Bertz CT molecular complexity index is 1210. The Morgan fingerprint density at radius 1 is 1.11 bits per heavy atom. The van der Waals surface area contributed by atoms with Gasteiger partial charge >= 0.3 is 0 Å². The molecule has 1 aliphatic heterocycles. The minimum Gasteiger partial charge on any atom is -0.382 e. The highest BCUT2D eigenvalue weighted by Crippen LogP contribution is 2.38. The number of fused-ring (bicyclic) bond motifs is 2. The van der Waals surface area contributed by atoms with Crippen molar-refractivity contribution in [2.24, 2.45) is 14.1 Å². The highest BCUT2D eigenvalue weighted by molar-refractivity contribution is 5.98. The number of hydrogen-bond donors (Lipinski definition) is 2. The van der Waals surface area contributed by atoms with Gasteiger partial charge in [0.2, 0.25) is 0 Å². The van der Waals surface area contributed by atoms with E-state index in [0.717, 1.165) is 57.8 Å². The van der Waals surface area contributed by atoms with E-state index in [0.29, 0.717) is 0 Å². The zero-order valence-electron chi connectivity index (χ0n) is 16.0. The molecular weight excluding hydrogens is 348 g/mol. The molecule has 0 unspecified atom stereocenters. The Morgan fingerprint density at radius 3 is 2.82 bits per heavy atom. The lowest BCUT2D eigenvalue weighted by molar-refractivity contribution is 0.767. The van der Waals surface area contributed by atoms with E-state index in [1.807, 2.05) is 31.2 Å². The first-order valence-corrected chi connectivity index (χ1v) is 9.38. The van der Waals surface area contributed by atoms with Crippen LogP contribution in [0.4, 0.5) is 11.4 Å². The molecule has 0 amide bonds. The molecule has 0 fully saturated rings. The molecule has 1 aliphatic rings. The molecule has 2 aromatic carbocycles. The molecule has 4 aromatic rings. The van der Waals surface area contributed by atoms with Crippen molar-refractivity contribution in [1.82, 2.24) is 19.6 Å². The first-order chi connectivity index (χ1) is 13.6. The Labute approximate surface area is 163 Å². The first-order valence-electron chi connectivity index (χ1n) is 9.38. The van der Waals surface area contributed by atoms with Crippen molar-refractivity contribution in [1.29, 1.82) is 0 Å². The van der Waals surface area contributed by atoms with Gasteiger partial charge in [-0.3, -0.25) is 9.36 Å². The Hall–Kier alpha value is -3.54. The van der Waals surface area contributed by atoms with Crippen molar-refractivity contribution in [3.8, 4) is 22.4 Å². The van der Waals surface area contributed by atoms with E-state index in [-0.39, 0.29) is 0 Å². The number of nitrogens with zero attached hydrogens (tertiary/aromatic N) is 4. The Kier molecular flexibility index (Phi) is 3.72. The van der Waals surface area contributed by atoms with Crippen molar-refractivity contribution >= 4 is 22.3 Å². The summed E-state index contributed by atoms with van der Waals surface area (Å²) in [5, 5.41) is 17.2. The third kappa shape index (κ3) is 2.65. The van der Waals surface area contributed by atoms with Crippen LogP contribution in [-0.4, -0.2) is 26.1 Å². The summed E-state index contributed by atoms with van der Waals surface area (Å²) in [4.78, 5) is 0. The topological polar surface area (TPSA) is 59.7 Å². The highest BCUT2D eigenvalue weighted by atomic mass is 15.3. The number of aryl methyl sites for hydroxylation is 2. The van der Waals surface area contributed by atoms with E-state index in [9.17, 15) is 0 Å².